The fourth-order valence-electron chi connectivity index (χ4n) is 4.40. The molecule has 4 rings (SSSR count). The number of carbonyl (C=O) groups is 2. The molecule has 0 aliphatic carbocycles. The lowest BCUT2D eigenvalue weighted by molar-refractivity contribution is -0.125. The van der Waals surface area contributed by atoms with E-state index in [9.17, 15) is 9.59 Å². The van der Waals surface area contributed by atoms with Crippen molar-refractivity contribution in [3.63, 3.8) is 0 Å². The third-order valence-corrected chi connectivity index (χ3v) is 6.08. The highest BCUT2D eigenvalue weighted by Crippen LogP contribution is 2.42. The van der Waals surface area contributed by atoms with Crippen LogP contribution in [0.1, 0.15) is 35.7 Å². The summed E-state index contributed by atoms with van der Waals surface area (Å²) in [6, 6.07) is 10.8. The molecule has 0 saturated carbocycles. The van der Waals surface area contributed by atoms with Crippen LogP contribution in [-0.4, -0.2) is 57.4 Å². The molecule has 2 aliphatic heterocycles. The highest BCUT2D eigenvalue weighted by molar-refractivity contribution is 5.96. The summed E-state index contributed by atoms with van der Waals surface area (Å²) in [5.74, 6) is 1.81. The average Bonchev–Trinajstić information content (AvgIpc) is 3.48. The number of carbonyl (C=O) groups excluding carboxylic acids is 2. The summed E-state index contributed by atoms with van der Waals surface area (Å²) in [5.41, 5.74) is 1.35. The predicted octanol–water partition coefficient (Wildman–Crippen LogP) is 3.06. The highest BCUT2D eigenvalue weighted by Gasteiger charge is 2.42. The SMILES string of the molecule is COc1cccc([C@H]2CN(C(=O)c3ccc4c(c3)OCO4)C[C@@H]2C(=O)NCC(C)C)c1OC. The molecule has 1 fully saturated rings. The number of rotatable bonds is 7. The minimum absolute atomic E-state index is 0.0699. The zero-order valence-electron chi connectivity index (χ0n) is 19.4. The van der Waals surface area contributed by atoms with Crippen molar-refractivity contribution in [2.45, 2.75) is 19.8 Å². The molecule has 2 amide bonds. The quantitative estimate of drug-likeness (QED) is 0.692. The summed E-state index contributed by atoms with van der Waals surface area (Å²) in [6.45, 7) is 5.51. The van der Waals surface area contributed by atoms with Crippen LogP contribution in [-0.2, 0) is 4.79 Å². The van der Waals surface area contributed by atoms with Gasteiger partial charge in [0.05, 0.1) is 20.1 Å². The van der Waals surface area contributed by atoms with Gasteiger partial charge in [-0.3, -0.25) is 9.59 Å². The van der Waals surface area contributed by atoms with Crippen LogP contribution in [0, 0.1) is 11.8 Å². The molecule has 2 aromatic carbocycles. The largest absolute Gasteiger partial charge is 0.493 e. The minimum atomic E-state index is -0.414. The average molecular weight is 455 g/mol. The second-order valence-corrected chi connectivity index (χ2v) is 8.71. The third-order valence-electron chi connectivity index (χ3n) is 6.08. The van der Waals surface area contributed by atoms with Crippen LogP contribution in [0.4, 0.5) is 0 Å². The van der Waals surface area contributed by atoms with Crippen LogP contribution in [0.25, 0.3) is 0 Å². The molecule has 8 nitrogen and oxygen atoms in total. The number of likely N-dealkylation sites (tertiary alicyclic amines) is 1. The van der Waals surface area contributed by atoms with E-state index < -0.39 is 5.92 Å². The molecule has 2 aliphatic rings. The molecular weight excluding hydrogens is 424 g/mol. The van der Waals surface area contributed by atoms with E-state index in [1.807, 2.05) is 32.0 Å². The monoisotopic (exact) mass is 454 g/mol. The van der Waals surface area contributed by atoms with Gasteiger partial charge in [-0.15, -0.1) is 0 Å². The van der Waals surface area contributed by atoms with E-state index in [1.165, 1.54) is 0 Å². The van der Waals surface area contributed by atoms with E-state index in [4.69, 9.17) is 18.9 Å². The highest BCUT2D eigenvalue weighted by atomic mass is 16.7. The number of amides is 2. The second kappa shape index (κ2) is 9.60. The van der Waals surface area contributed by atoms with E-state index in [1.54, 1.807) is 37.3 Å². The molecule has 33 heavy (non-hydrogen) atoms. The Morgan fingerprint density at radius 1 is 1.09 bits per heavy atom. The maximum atomic E-state index is 13.4. The third kappa shape index (κ3) is 4.55. The maximum Gasteiger partial charge on any atom is 0.254 e. The van der Waals surface area contributed by atoms with Gasteiger partial charge in [-0.2, -0.15) is 0 Å². The topological polar surface area (TPSA) is 86.3 Å². The first-order valence-corrected chi connectivity index (χ1v) is 11.1. The Bertz CT molecular complexity index is 1040. The van der Waals surface area contributed by atoms with Gasteiger partial charge >= 0.3 is 0 Å². The summed E-state index contributed by atoms with van der Waals surface area (Å²) in [7, 11) is 3.16. The van der Waals surface area contributed by atoms with Crippen molar-refractivity contribution in [3.8, 4) is 23.0 Å². The lowest BCUT2D eigenvalue weighted by atomic mass is 9.87. The van der Waals surface area contributed by atoms with Crippen molar-refractivity contribution in [1.82, 2.24) is 10.2 Å². The number of fused-ring (bicyclic) bond motifs is 1. The molecule has 0 aromatic heterocycles. The van der Waals surface area contributed by atoms with Crippen LogP contribution < -0.4 is 24.3 Å². The number of methoxy groups -OCH3 is 2. The van der Waals surface area contributed by atoms with Gasteiger partial charge in [-0.25, -0.2) is 0 Å². The van der Waals surface area contributed by atoms with Crippen LogP contribution >= 0.6 is 0 Å². The Labute approximate surface area is 193 Å². The summed E-state index contributed by atoms with van der Waals surface area (Å²) in [4.78, 5) is 28.3. The number of para-hydroxylation sites is 1. The van der Waals surface area contributed by atoms with Crippen LogP contribution in [0.15, 0.2) is 36.4 Å². The van der Waals surface area contributed by atoms with E-state index >= 15 is 0 Å². The summed E-state index contributed by atoms with van der Waals surface area (Å²) < 4.78 is 21.9. The maximum absolute atomic E-state index is 13.4. The van der Waals surface area contributed by atoms with Gasteiger partial charge in [0.1, 0.15) is 0 Å². The molecule has 0 radical (unpaired) electrons. The van der Waals surface area contributed by atoms with Gasteiger partial charge in [0.25, 0.3) is 5.91 Å². The predicted molar refractivity (Wildman–Crippen MR) is 122 cm³/mol. The number of hydrogen-bond acceptors (Lipinski definition) is 6. The molecule has 0 unspecified atom stereocenters. The standard InChI is InChI=1S/C25H30N2O6/c1-15(2)11-26-24(28)19-13-27(25(29)16-8-9-20-22(10-16)33-14-32-20)12-18(19)17-6-5-7-21(30-3)23(17)31-4/h5-10,15,18-19H,11-14H2,1-4H3,(H,26,28)/t18-,19+/m1/s1. The fraction of sp³-hybridized carbons (Fsp3) is 0.440. The zero-order valence-corrected chi connectivity index (χ0v) is 19.4. The van der Waals surface area contributed by atoms with Gasteiger partial charge < -0.3 is 29.2 Å². The van der Waals surface area contributed by atoms with Crippen LogP contribution in [0.3, 0.4) is 0 Å². The van der Waals surface area contributed by atoms with Gasteiger partial charge in [-0.1, -0.05) is 26.0 Å². The van der Waals surface area contributed by atoms with Crippen molar-refractivity contribution in [1.29, 1.82) is 0 Å². The molecule has 176 valence electrons. The van der Waals surface area contributed by atoms with Gasteiger partial charge in [0, 0.05) is 36.7 Å². The fourth-order valence-corrected chi connectivity index (χ4v) is 4.40. The summed E-state index contributed by atoms with van der Waals surface area (Å²) in [5, 5.41) is 3.04. The second-order valence-electron chi connectivity index (χ2n) is 8.71. The van der Waals surface area contributed by atoms with Crippen molar-refractivity contribution >= 4 is 11.8 Å². The van der Waals surface area contributed by atoms with Gasteiger partial charge in [-0.05, 0) is 30.2 Å². The van der Waals surface area contributed by atoms with E-state index in [2.05, 4.69) is 5.32 Å². The molecule has 1 saturated heterocycles. The Morgan fingerprint density at radius 3 is 2.61 bits per heavy atom. The molecular formula is C25H30N2O6. The summed E-state index contributed by atoms with van der Waals surface area (Å²) >= 11 is 0. The number of nitrogens with zero attached hydrogens (tertiary/aromatic N) is 1. The zero-order chi connectivity index (χ0) is 23.5. The van der Waals surface area contributed by atoms with Gasteiger partial charge in [0.15, 0.2) is 23.0 Å². The first kappa shape index (κ1) is 22.8. The van der Waals surface area contributed by atoms with Crippen molar-refractivity contribution in [3.05, 3.63) is 47.5 Å². The molecule has 1 N–H and O–H groups in total. The normalized spacial score (nSPS) is 19.0. The van der Waals surface area contributed by atoms with Crippen molar-refractivity contribution in [2.24, 2.45) is 11.8 Å². The Balaban J connectivity index is 1.64. The molecule has 2 heterocycles. The molecule has 2 atom stereocenters. The lowest BCUT2D eigenvalue weighted by Gasteiger charge is -2.22. The minimum Gasteiger partial charge on any atom is -0.493 e. The Morgan fingerprint density at radius 2 is 1.88 bits per heavy atom. The van der Waals surface area contributed by atoms with Crippen LogP contribution in [0.5, 0.6) is 23.0 Å². The first-order chi connectivity index (χ1) is 15.9. The number of hydrogen-bond donors (Lipinski definition) is 1. The van der Waals surface area contributed by atoms with Crippen molar-refractivity contribution < 1.29 is 28.5 Å². The Kier molecular flexibility index (Phi) is 6.62. The number of ether oxygens (including phenoxy) is 4. The van der Waals surface area contributed by atoms with Crippen LogP contribution in [0.2, 0.25) is 0 Å². The summed E-state index contributed by atoms with van der Waals surface area (Å²) in [6.07, 6.45) is 0. The van der Waals surface area contributed by atoms with Crippen molar-refractivity contribution in [2.75, 3.05) is 40.6 Å². The molecule has 2 aromatic rings. The Hall–Kier alpha value is -3.42. The molecule has 0 bridgehead atoms. The number of nitrogens with one attached hydrogen (secondary N) is 1. The van der Waals surface area contributed by atoms with E-state index in [-0.39, 0.29) is 24.5 Å². The first-order valence-electron chi connectivity index (χ1n) is 11.1. The lowest BCUT2D eigenvalue weighted by Crippen LogP contribution is -2.37. The van der Waals surface area contributed by atoms with Gasteiger partial charge in [0.2, 0.25) is 12.7 Å². The molecule has 0 spiro atoms. The number of benzene rings is 2. The molecule has 8 heteroatoms. The smallest absolute Gasteiger partial charge is 0.254 e. The van der Waals surface area contributed by atoms with E-state index in [0.29, 0.717) is 54.1 Å². The van der Waals surface area contributed by atoms with E-state index in [0.717, 1.165) is 5.56 Å².